The Kier molecular flexibility index (Phi) is 25.5. The van der Waals surface area contributed by atoms with E-state index in [1.807, 2.05) is 0 Å². The minimum absolute atomic E-state index is 0. The van der Waals surface area contributed by atoms with Crippen LogP contribution in [0.4, 0.5) is 0 Å². The molecule has 0 aliphatic carbocycles. The van der Waals surface area contributed by atoms with E-state index in [1.54, 1.807) is 0 Å². The summed E-state index contributed by atoms with van der Waals surface area (Å²) in [5, 5.41) is 0. The van der Waals surface area contributed by atoms with E-state index >= 15 is 0 Å². The molecule has 0 unspecified atom stereocenters. The van der Waals surface area contributed by atoms with Crippen LogP contribution < -0.4 is 0 Å². The van der Waals surface area contributed by atoms with Crippen LogP contribution in [0.1, 0.15) is 0 Å². The van der Waals surface area contributed by atoms with Gasteiger partial charge in [0.1, 0.15) is 0 Å². The molecule has 0 saturated carbocycles. The van der Waals surface area contributed by atoms with E-state index in [0.29, 0.717) is 0 Å². The summed E-state index contributed by atoms with van der Waals surface area (Å²) in [6.07, 6.45) is 0. The average Bonchev–Trinajstić information content (AvgIpc) is 0.811. The molecule has 3 nitrogen and oxygen atoms in total. The maximum absolute atomic E-state index is 8.74. The molecule has 39 valence electrons. The fourth-order valence-electron chi connectivity index (χ4n) is 0. The quantitative estimate of drug-likeness (QED) is 0.449. The summed E-state index contributed by atoms with van der Waals surface area (Å²) < 4.78 is 8.74. The van der Waals surface area contributed by atoms with Gasteiger partial charge in [0.25, 0.3) is 0 Å². The third-order valence-corrected chi connectivity index (χ3v) is 0. The van der Waals surface area contributed by atoms with Gasteiger partial charge in [0, 0.05) is 22.4 Å². The summed E-state index contributed by atoms with van der Waals surface area (Å²) in [5.41, 5.74) is 0. The number of rotatable bonds is 0. The van der Waals surface area contributed by atoms with Crippen molar-refractivity contribution in [3.8, 4) is 0 Å². The van der Waals surface area contributed by atoms with Crippen LogP contribution >= 0.6 is 0 Å². The summed E-state index contributed by atoms with van der Waals surface area (Å²) in [5.74, 6) is 0. The van der Waals surface area contributed by atoms with Crippen LogP contribution in [0.5, 0.6) is 0 Å². The topological polar surface area (TPSA) is 57.5 Å². The van der Waals surface area contributed by atoms with Gasteiger partial charge in [-0.15, -0.1) is 0 Å². The van der Waals surface area contributed by atoms with Crippen molar-refractivity contribution in [1.82, 2.24) is 0 Å². The molecular weight excluding hydrogens is 224 g/mol. The van der Waals surface area contributed by atoms with Crippen molar-refractivity contribution >= 4 is 46.9 Å². The predicted octanol–water partition coefficient (Wildman–Crippen LogP) is -2.53. The third-order valence-electron chi connectivity index (χ3n) is 0. The van der Waals surface area contributed by atoms with E-state index < -0.39 is 9.17 Å². The van der Waals surface area contributed by atoms with E-state index in [-0.39, 0.29) is 60.1 Å². The summed E-state index contributed by atoms with van der Waals surface area (Å²) in [6, 6.07) is 0. The molecule has 0 aromatic carbocycles. The van der Waals surface area contributed by atoms with Crippen LogP contribution in [0, 0.1) is 0 Å². The molecule has 0 aromatic heterocycles. The van der Waals surface area contributed by atoms with Crippen LogP contribution in [0.3, 0.4) is 0 Å². The molecule has 0 saturated heterocycles. The molecule has 1 radical (unpaired) electrons. The first-order valence-electron chi connectivity index (χ1n) is 0.651. The molecule has 0 amide bonds. The van der Waals surface area contributed by atoms with E-state index in [9.17, 15) is 0 Å². The zero-order valence-electron chi connectivity index (χ0n) is 2.10. The van der Waals surface area contributed by atoms with Gasteiger partial charge < -0.3 is 9.59 Å². The van der Waals surface area contributed by atoms with Crippen molar-refractivity contribution < 1.29 is 36.4 Å². The molecule has 2 N–H and O–H groups in total. The van der Waals surface area contributed by atoms with Crippen molar-refractivity contribution in [2.75, 3.05) is 0 Å². The monoisotopic (exact) mass is 227 g/mol. The average molecular weight is 228 g/mol. The Morgan fingerprint density at radius 2 is 1.33 bits per heavy atom. The van der Waals surface area contributed by atoms with Crippen LogP contribution in [0.15, 0.2) is 0 Å². The van der Waals surface area contributed by atoms with Gasteiger partial charge in [-0.1, -0.05) is 0 Å². The Morgan fingerprint density at radius 1 is 1.33 bits per heavy atom. The molecule has 0 aliphatic heterocycles. The first-order valence-corrected chi connectivity index (χ1v) is 1.95. The van der Waals surface area contributed by atoms with E-state index in [1.165, 1.54) is 0 Å². The Balaban J connectivity index is -0.0000000450. The van der Waals surface area contributed by atoms with Crippen molar-refractivity contribution in [3.05, 3.63) is 0 Å². The van der Waals surface area contributed by atoms with Gasteiger partial charge in [-0.3, -0.25) is 4.46 Å². The van der Waals surface area contributed by atoms with Gasteiger partial charge in [0.05, 0.1) is 0 Å². The number of hydrogen-bond acceptors (Lipinski definition) is 1. The molecule has 0 rings (SSSR count). The zero-order chi connectivity index (χ0) is 3.58. The number of hydrogen-bond donors (Lipinski definition) is 2. The van der Waals surface area contributed by atoms with Crippen LogP contribution in [0.25, 0.3) is 0 Å². The second-order valence-corrected chi connectivity index (χ2v) is 0.848. The molecule has 0 bridgehead atoms. The zero-order valence-corrected chi connectivity index (χ0v) is 4.59. The first kappa shape index (κ1) is 15.6. The van der Waals surface area contributed by atoms with E-state index in [2.05, 4.69) is 0 Å². The second kappa shape index (κ2) is 9.79. The van der Waals surface area contributed by atoms with Crippen LogP contribution in [-0.4, -0.2) is 56.5 Å². The summed E-state index contributed by atoms with van der Waals surface area (Å²) in [7, 11) is -3.13. The SMILES string of the molecule is O=[Si](O)O.[Ag].[CaH2]. The molecule has 0 spiro atoms. The molecule has 6 heavy (non-hydrogen) atoms. The van der Waals surface area contributed by atoms with Crippen molar-refractivity contribution in [3.63, 3.8) is 0 Å². The van der Waals surface area contributed by atoms with Gasteiger partial charge in [-0.25, -0.2) is 0 Å². The van der Waals surface area contributed by atoms with Gasteiger partial charge >= 0.3 is 46.9 Å². The Morgan fingerprint density at radius 3 is 1.33 bits per heavy atom. The molecule has 0 atom stereocenters. The Bertz CT molecular complexity index is 33.8. The third kappa shape index (κ3) is 45.8. The van der Waals surface area contributed by atoms with Gasteiger partial charge in [0.2, 0.25) is 0 Å². The molecule has 0 fully saturated rings. The van der Waals surface area contributed by atoms with E-state index in [0.717, 1.165) is 0 Å². The molecular formula is H4AgCaO3Si. The fourth-order valence-corrected chi connectivity index (χ4v) is 0. The van der Waals surface area contributed by atoms with E-state index in [4.69, 9.17) is 14.1 Å². The minimum atomic E-state index is -3.13. The van der Waals surface area contributed by atoms with Gasteiger partial charge in [-0.05, 0) is 0 Å². The molecule has 0 aromatic rings. The molecule has 0 aliphatic rings. The first-order chi connectivity index (χ1) is 1.73. The fraction of sp³-hybridized carbons (Fsp3) is 0. The van der Waals surface area contributed by atoms with Crippen molar-refractivity contribution in [2.24, 2.45) is 0 Å². The standard InChI is InChI=1S/Ag.Ca.H2O3Si.2H/c;;1-4(2)3;;/h;;1-2H;;. The van der Waals surface area contributed by atoms with Crippen LogP contribution in [0.2, 0.25) is 0 Å². The summed E-state index contributed by atoms with van der Waals surface area (Å²) >= 11 is 0. The second-order valence-electron chi connectivity index (χ2n) is 0.283. The van der Waals surface area contributed by atoms with Crippen molar-refractivity contribution in [1.29, 1.82) is 0 Å². The summed E-state index contributed by atoms with van der Waals surface area (Å²) in [4.78, 5) is 14.3. The van der Waals surface area contributed by atoms with Gasteiger partial charge in [0.15, 0.2) is 0 Å². The Labute approximate surface area is 82.2 Å². The maximum atomic E-state index is 8.74. The summed E-state index contributed by atoms with van der Waals surface area (Å²) in [6.45, 7) is 0. The Hall–Kier alpha value is 1.62. The van der Waals surface area contributed by atoms with Crippen LogP contribution in [-0.2, 0) is 26.8 Å². The molecule has 6 heteroatoms. The van der Waals surface area contributed by atoms with Gasteiger partial charge in [-0.2, -0.15) is 0 Å². The van der Waals surface area contributed by atoms with Crippen molar-refractivity contribution in [2.45, 2.75) is 0 Å². The normalized spacial score (nSPS) is 4.00. The predicted molar refractivity (Wildman–Crippen MR) is 19.4 cm³/mol. The molecule has 0 heterocycles.